The van der Waals surface area contributed by atoms with Crippen LogP contribution in [0.5, 0.6) is 11.5 Å². The Labute approximate surface area is 193 Å². The summed E-state index contributed by atoms with van der Waals surface area (Å²) >= 11 is 0.815. The molecule has 0 atom stereocenters. The van der Waals surface area contributed by atoms with Crippen LogP contribution < -0.4 is 10.2 Å². The van der Waals surface area contributed by atoms with Crippen molar-refractivity contribution in [1.29, 1.82) is 0 Å². The van der Waals surface area contributed by atoms with E-state index in [4.69, 9.17) is 13.9 Å². The molecule has 2 aromatic heterocycles. The molecule has 3 heterocycles. The summed E-state index contributed by atoms with van der Waals surface area (Å²) in [6.07, 6.45) is 1.21. The second-order valence-electron chi connectivity index (χ2n) is 7.25. The first-order chi connectivity index (χ1) is 16.5. The molecule has 1 aliphatic heterocycles. The zero-order valence-corrected chi connectivity index (χ0v) is 18.0. The van der Waals surface area contributed by atoms with Gasteiger partial charge in [-0.15, -0.1) is 0 Å². The maximum atomic E-state index is 14.9. The molecule has 0 radical (unpaired) electrons. The lowest BCUT2D eigenvalue weighted by Crippen LogP contribution is -2.21. The minimum atomic E-state index is -1.42. The van der Waals surface area contributed by atoms with E-state index in [2.05, 4.69) is 0 Å². The third kappa shape index (κ3) is 3.00. The molecule has 0 aliphatic carbocycles. The van der Waals surface area contributed by atoms with Crippen molar-refractivity contribution in [2.45, 2.75) is 4.90 Å². The number of halogens is 1. The Balaban J connectivity index is 0.00000117. The minimum Gasteiger partial charge on any atom is -0.477 e. The third-order valence-corrected chi connectivity index (χ3v) is 6.32. The number of para-hydroxylation sites is 1. The van der Waals surface area contributed by atoms with E-state index in [0.717, 1.165) is 28.6 Å². The Morgan fingerprint density at radius 2 is 1.85 bits per heavy atom. The van der Waals surface area contributed by atoms with Crippen molar-refractivity contribution in [1.82, 2.24) is 4.57 Å². The first-order valence-electron chi connectivity index (χ1n) is 9.79. The maximum absolute atomic E-state index is 14.9. The molecule has 2 N–H and O–H groups in total. The molecule has 3 aromatic carbocycles. The number of aliphatic hydroxyl groups is 1. The fourth-order valence-electron chi connectivity index (χ4n) is 4.17. The van der Waals surface area contributed by atoms with Crippen LogP contribution in [0.1, 0.15) is 10.4 Å². The predicted molar refractivity (Wildman–Crippen MR) is 124 cm³/mol. The standard InChI is InChI=1S/C23H12FNO6S.CH2O/c24-14-5-12-19-21(22(14)32-9-26)31-18-6-11-10-3-1-2-4-16(10)30-17(11)7-15(18)25(19)8-13(20(12)27)23(28)29;1-2/h1-8,26H,9H2,(H,28,29);1H2. The molecule has 10 heteroatoms. The molecular weight excluding hydrogens is 465 g/mol. The minimum absolute atomic E-state index is 0.0269. The van der Waals surface area contributed by atoms with Gasteiger partial charge >= 0.3 is 5.97 Å². The van der Waals surface area contributed by atoms with Crippen molar-refractivity contribution >= 4 is 57.4 Å². The summed E-state index contributed by atoms with van der Waals surface area (Å²) in [5, 5.41) is 20.5. The second-order valence-corrected chi connectivity index (χ2v) is 8.20. The number of furan rings is 1. The largest absolute Gasteiger partial charge is 0.477 e. The average molecular weight is 479 g/mol. The topological polar surface area (TPSA) is 119 Å². The lowest BCUT2D eigenvalue weighted by atomic mass is 10.1. The number of thioether (sulfide) groups is 1. The second kappa shape index (κ2) is 8.01. The van der Waals surface area contributed by atoms with Gasteiger partial charge in [0.2, 0.25) is 5.43 Å². The molecule has 0 spiro atoms. The molecule has 0 bridgehead atoms. The van der Waals surface area contributed by atoms with Crippen LogP contribution >= 0.6 is 11.8 Å². The number of aliphatic hydroxyl groups excluding tert-OH is 1. The Bertz CT molecular complexity index is 1710. The van der Waals surface area contributed by atoms with Gasteiger partial charge in [0.25, 0.3) is 0 Å². The van der Waals surface area contributed by atoms with Gasteiger partial charge in [-0.25, -0.2) is 9.18 Å². The van der Waals surface area contributed by atoms with Crippen LogP contribution in [0.4, 0.5) is 4.39 Å². The quantitative estimate of drug-likeness (QED) is 0.277. The van der Waals surface area contributed by atoms with Crippen molar-refractivity contribution in [2.24, 2.45) is 0 Å². The summed E-state index contributed by atoms with van der Waals surface area (Å²) < 4.78 is 28.4. The van der Waals surface area contributed by atoms with Crippen LogP contribution in [0.15, 0.2) is 62.8 Å². The number of carboxylic acid groups (broad SMARTS) is 1. The molecule has 0 saturated heterocycles. The molecule has 0 saturated carbocycles. The molecule has 8 nitrogen and oxygen atoms in total. The van der Waals surface area contributed by atoms with E-state index < -0.39 is 28.7 Å². The lowest BCUT2D eigenvalue weighted by molar-refractivity contribution is -0.0980. The molecule has 170 valence electrons. The van der Waals surface area contributed by atoms with Gasteiger partial charge in [-0.05, 0) is 18.2 Å². The number of hydrogen-bond acceptors (Lipinski definition) is 7. The highest BCUT2D eigenvalue weighted by molar-refractivity contribution is 7.99. The van der Waals surface area contributed by atoms with Crippen LogP contribution in [0.25, 0.3) is 38.5 Å². The number of aromatic nitrogens is 1. The molecule has 0 unspecified atom stereocenters. The maximum Gasteiger partial charge on any atom is 0.341 e. The van der Waals surface area contributed by atoms with Gasteiger partial charge in [0.05, 0.1) is 21.9 Å². The molecule has 5 aromatic rings. The van der Waals surface area contributed by atoms with Gasteiger partial charge in [-0.2, -0.15) is 0 Å². The third-order valence-electron chi connectivity index (χ3n) is 5.52. The number of benzene rings is 3. The smallest absolute Gasteiger partial charge is 0.341 e. The van der Waals surface area contributed by atoms with Crippen molar-refractivity contribution in [3.05, 3.63) is 70.3 Å². The van der Waals surface area contributed by atoms with E-state index in [1.54, 1.807) is 12.1 Å². The van der Waals surface area contributed by atoms with E-state index in [1.165, 1.54) is 10.8 Å². The zero-order chi connectivity index (χ0) is 24.1. The van der Waals surface area contributed by atoms with Gasteiger partial charge in [0.1, 0.15) is 34.9 Å². The summed E-state index contributed by atoms with van der Waals surface area (Å²) in [4.78, 5) is 32.6. The van der Waals surface area contributed by atoms with Crippen LogP contribution in [0.2, 0.25) is 0 Å². The van der Waals surface area contributed by atoms with E-state index >= 15 is 0 Å². The first kappa shape index (κ1) is 21.7. The van der Waals surface area contributed by atoms with Gasteiger partial charge < -0.3 is 28.7 Å². The molecule has 0 amide bonds. The number of ether oxygens (including phenoxy) is 1. The SMILES string of the molecule is C=O.O=C(O)c1cn2c3c(c(SCO)c(F)cc3c1=O)Oc1cc3c(cc1-2)oc1ccccc13. The Hall–Kier alpha value is -4.15. The van der Waals surface area contributed by atoms with Gasteiger partial charge in [0, 0.05) is 23.0 Å². The van der Waals surface area contributed by atoms with Gasteiger partial charge in [0.15, 0.2) is 11.5 Å². The summed E-state index contributed by atoms with van der Waals surface area (Å²) in [5.41, 5.74) is 0.571. The summed E-state index contributed by atoms with van der Waals surface area (Å²) in [6, 6.07) is 11.9. The van der Waals surface area contributed by atoms with Crippen LogP contribution in [-0.4, -0.2) is 33.5 Å². The van der Waals surface area contributed by atoms with Crippen molar-refractivity contribution in [3.8, 4) is 17.2 Å². The van der Waals surface area contributed by atoms with E-state index in [1.807, 2.05) is 31.1 Å². The number of fused-ring (bicyclic) bond motifs is 5. The van der Waals surface area contributed by atoms with E-state index in [9.17, 15) is 24.2 Å². The summed E-state index contributed by atoms with van der Waals surface area (Å²) in [5.74, 6) is -2.23. The molecule has 1 aliphatic rings. The van der Waals surface area contributed by atoms with Crippen LogP contribution in [-0.2, 0) is 4.79 Å². The fourth-order valence-corrected chi connectivity index (χ4v) is 4.76. The molecule has 0 fully saturated rings. The van der Waals surface area contributed by atoms with E-state index in [-0.39, 0.29) is 21.5 Å². The first-order valence-corrected chi connectivity index (χ1v) is 10.8. The molecular formula is C24H14FNO7S. The number of pyridine rings is 1. The van der Waals surface area contributed by atoms with Gasteiger partial charge in [-0.3, -0.25) is 4.79 Å². The zero-order valence-electron chi connectivity index (χ0n) is 17.2. The highest BCUT2D eigenvalue weighted by Crippen LogP contribution is 2.47. The van der Waals surface area contributed by atoms with Gasteiger partial charge in [-0.1, -0.05) is 30.0 Å². The summed E-state index contributed by atoms with van der Waals surface area (Å²) in [6.45, 7) is 2.00. The van der Waals surface area contributed by atoms with Crippen molar-refractivity contribution in [3.63, 3.8) is 0 Å². The monoisotopic (exact) mass is 479 g/mol. The Kier molecular flexibility index (Phi) is 5.11. The number of nitrogens with zero attached hydrogens (tertiary/aromatic N) is 1. The number of aromatic carboxylic acids is 1. The number of carbonyl (C=O) groups is 2. The number of hydrogen-bond donors (Lipinski definition) is 2. The molecule has 6 rings (SSSR count). The van der Waals surface area contributed by atoms with Crippen molar-refractivity contribution < 1.29 is 33.3 Å². The normalized spacial score (nSPS) is 11.7. The Morgan fingerprint density at radius 1 is 1.09 bits per heavy atom. The fraction of sp³-hybridized carbons (Fsp3) is 0.0417. The highest BCUT2D eigenvalue weighted by Gasteiger charge is 2.29. The molecule has 34 heavy (non-hydrogen) atoms. The predicted octanol–water partition coefficient (Wildman–Crippen LogP) is 4.69. The van der Waals surface area contributed by atoms with E-state index in [0.29, 0.717) is 22.6 Å². The number of carbonyl (C=O) groups excluding carboxylic acids is 1. The highest BCUT2D eigenvalue weighted by atomic mass is 32.2. The van der Waals surface area contributed by atoms with Crippen LogP contribution in [0, 0.1) is 5.82 Å². The van der Waals surface area contributed by atoms with Crippen LogP contribution in [0.3, 0.4) is 0 Å². The lowest BCUT2D eigenvalue weighted by Gasteiger charge is -2.25. The number of carboxylic acids is 1. The average Bonchev–Trinajstić information content (AvgIpc) is 3.20. The summed E-state index contributed by atoms with van der Waals surface area (Å²) in [7, 11) is 0. The number of rotatable bonds is 3. The Morgan fingerprint density at radius 3 is 2.59 bits per heavy atom. The van der Waals surface area contributed by atoms with Crippen molar-refractivity contribution in [2.75, 3.05) is 5.94 Å².